The van der Waals surface area contributed by atoms with Crippen molar-refractivity contribution >= 4 is 0 Å². The molecular weight excluding hydrogens is 231 g/mol. The number of aromatic nitrogens is 2. The molecule has 0 aliphatic carbocycles. The van der Waals surface area contributed by atoms with E-state index < -0.39 is 6.10 Å². The Morgan fingerprint density at radius 1 is 1.28 bits per heavy atom. The van der Waals surface area contributed by atoms with Crippen molar-refractivity contribution in [2.45, 2.75) is 33.8 Å². The van der Waals surface area contributed by atoms with Gasteiger partial charge in [-0.25, -0.2) is 9.07 Å². The van der Waals surface area contributed by atoms with Crippen molar-refractivity contribution in [3.8, 4) is 5.69 Å². The van der Waals surface area contributed by atoms with E-state index in [2.05, 4.69) is 5.10 Å². The predicted molar refractivity (Wildman–Crippen MR) is 68.4 cm³/mol. The number of aryl methyl sites for hydroxylation is 1. The van der Waals surface area contributed by atoms with E-state index >= 15 is 0 Å². The van der Waals surface area contributed by atoms with Crippen molar-refractivity contribution in [3.63, 3.8) is 0 Å². The van der Waals surface area contributed by atoms with Crippen molar-refractivity contribution in [2.75, 3.05) is 0 Å². The van der Waals surface area contributed by atoms with Crippen LogP contribution in [0.2, 0.25) is 0 Å². The highest BCUT2D eigenvalue weighted by atomic mass is 19.1. The first-order chi connectivity index (χ1) is 8.41. The van der Waals surface area contributed by atoms with Crippen molar-refractivity contribution < 1.29 is 9.50 Å². The summed E-state index contributed by atoms with van der Waals surface area (Å²) in [5.74, 6) is -0.354. The van der Waals surface area contributed by atoms with Gasteiger partial charge < -0.3 is 5.11 Å². The molecule has 0 spiro atoms. The van der Waals surface area contributed by atoms with Crippen LogP contribution in [0, 0.1) is 26.6 Å². The van der Waals surface area contributed by atoms with Crippen LogP contribution in [0.4, 0.5) is 4.39 Å². The second-order valence-corrected chi connectivity index (χ2v) is 4.59. The Morgan fingerprint density at radius 3 is 2.44 bits per heavy atom. The molecule has 1 N–H and O–H groups in total. The van der Waals surface area contributed by atoms with Crippen LogP contribution in [0.15, 0.2) is 18.2 Å². The van der Waals surface area contributed by atoms with Crippen LogP contribution in [0.25, 0.3) is 5.69 Å². The molecule has 3 nitrogen and oxygen atoms in total. The van der Waals surface area contributed by atoms with Gasteiger partial charge in [0.1, 0.15) is 5.82 Å². The molecule has 1 aromatic heterocycles. The molecule has 0 saturated carbocycles. The molecule has 4 heteroatoms. The summed E-state index contributed by atoms with van der Waals surface area (Å²) < 4.78 is 15.0. The minimum atomic E-state index is -0.736. The lowest BCUT2D eigenvalue weighted by Gasteiger charge is -2.13. The van der Waals surface area contributed by atoms with E-state index in [-0.39, 0.29) is 5.82 Å². The molecule has 1 heterocycles. The molecule has 0 fully saturated rings. The summed E-state index contributed by atoms with van der Waals surface area (Å²) in [5, 5.41) is 14.2. The fourth-order valence-corrected chi connectivity index (χ4v) is 2.01. The number of hydrogen-bond acceptors (Lipinski definition) is 2. The van der Waals surface area contributed by atoms with Gasteiger partial charge in [-0.1, -0.05) is 0 Å². The smallest absolute Gasteiger partial charge is 0.123 e. The number of hydrogen-bond donors (Lipinski definition) is 1. The SMILES string of the molecule is Cc1nn(-c2ccc(F)cc2[C@H](C)O)c(C)c1C. The van der Waals surface area contributed by atoms with E-state index in [1.54, 1.807) is 17.7 Å². The van der Waals surface area contributed by atoms with Gasteiger partial charge in [0.2, 0.25) is 0 Å². The summed E-state index contributed by atoms with van der Waals surface area (Å²) >= 11 is 0. The first kappa shape index (κ1) is 12.8. The Bertz CT molecular complexity index is 588. The van der Waals surface area contributed by atoms with Crippen LogP contribution >= 0.6 is 0 Å². The lowest BCUT2D eigenvalue weighted by atomic mass is 10.1. The zero-order valence-electron chi connectivity index (χ0n) is 11.0. The molecule has 0 unspecified atom stereocenters. The maximum Gasteiger partial charge on any atom is 0.123 e. The van der Waals surface area contributed by atoms with Crippen molar-refractivity contribution in [1.82, 2.24) is 9.78 Å². The lowest BCUT2D eigenvalue weighted by Crippen LogP contribution is -2.06. The van der Waals surface area contributed by atoms with Gasteiger partial charge in [-0.15, -0.1) is 0 Å². The zero-order chi connectivity index (χ0) is 13.4. The van der Waals surface area contributed by atoms with Crippen LogP contribution in [0.1, 0.15) is 35.5 Å². The second kappa shape index (κ2) is 4.53. The minimum absolute atomic E-state index is 0.354. The third kappa shape index (κ3) is 2.04. The van der Waals surface area contributed by atoms with Gasteiger partial charge in [-0.3, -0.25) is 0 Å². The van der Waals surface area contributed by atoms with Gasteiger partial charge in [0.15, 0.2) is 0 Å². The summed E-state index contributed by atoms with van der Waals surface area (Å²) in [5.41, 5.74) is 4.31. The molecule has 2 aromatic rings. The number of halogens is 1. The van der Waals surface area contributed by atoms with E-state index in [0.29, 0.717) is 5.56 Å². The quantitative estimate of drug-likeness (QED) is 0.887. The second-order valence-electron chi connectivity index (χ2n) is 4.59. The highest BCUT2D eigenvalue weighted by molar-refractivity contribution is 5.44. The normalized spacial score (nSPS) is 12.8. The van der Waals surface area contributed by atoms with E-state index in [4.69, 9.17) is 0 Å². The zero-order valence-corrected chi connectivity index (χ0v) is 11.0. The largest absolute Gasteiger partial charge is 0.389 e. The summed E-state index contributed by atoms with van der Waals surface area (Å²) in [6, 6.07) is 4.38. The van der Waals surface area contributed by atoms with Gasteiger partial charge in [0.25, 0.3) is 0 Å². The van der Waals surface area contributed by atoms with Crippen LogP contribution in [0.3, 0.4) is 0 Å². The van der Waals surface area contributed by atoms with Gasteiger partial charge >= 0.3 is 0 Å². The van der Waals surface area contributed by atoms with E-state index in [1.807, 2.05) is 20.8 Å². The molecule has 1 aromatic carbocycles. The van der Waals surface area contributed by atoms with Gasteiger partial charge in [-0.2, -0.15) is 5.10 Å². The van der Waals surface area contributed by atoms with E-state index in [9.17, 15) is 9.50 Å². The fourth-order valence-electron chi connectivity index (χ4n) is 2.01. The van der Waals surface area contributed by atoms with E-state index in [0.717, 1.165) is 22.6 Å². The first-order valence-corrected chi connectivity index (χ1v) is 5.92. The summed E-state index contributed by atoms with van der Waals surface area (Å²) in [4.78, 5) is 0. The Labute approximate surface area is 106 Å². The highest BCUT2D eigenvalue weighted by Crippen LogP contribution is 2.25. The number of rotatable bonds is 2. The maximum absolute atomic E-state index is 13.3. The third-order valence-corrected chi connectivity index (χ3v) is 3.32. The Balaban J connectivity index is 2.67. The molecule has 0 bridgehead atoms. The monoisotopic (exact) mass is 248 g/mol. The molecule has 0 aliphatic heterocycles. The fraction of sp³-hybridized carbons (Fsp3) is 0.357. The maximum atomic E-state index is 13.3. The van der Waals surface area contributed by atoms with Gasteiger partial charge in [0.05, 0.1) is 17.5 Å². The van der Waals surface area contributed by atoms with Gasteiger partial charge in [-0.05, 0) is 51.5 Å². The van der Waals surface area contributed by atoms with E-state index in [1.165, 1.54) is 12.1 Å². The number of aliphatic hydroxyl groups excluding tert-OH is 1. The van der Waals surface area contributed by atoms with Crippen LogP contribution in [0.5, 0.6) is 0 Å². The molecule has 0 saturated heterocycles. The average molecular weight is 248 g/mol. The predicted octanol–water partition coefficient (Wildman–Crippen LogP) is 2.99. The molecule has 18 heavy (non-hydrogen) atoms. The molecule has 96 valence electrons. The van der Waals surface area contributed by atoms with Crippen LogP contribution in [-0.4, -0.2) is 14.9 Å². The van der Waals surface area contributed by atoms with Crippen molar-refractivity contribution in [2.24, 2.45) is 0 Å². The van der Waals surface area contributed by atoms with Crippen molar-refractivity contribution in [3.05, 3.63) is 46.5 Å². The molecule has 2 rings (SSSR count). The van der Waals surface area contributed by atoms with Gasteiger partial charge in [0, 0.05) is 11.3 Å². The molecule has 0 aliphatic rings. The Morgan fingerprint density at radius 2 is 1.94 bits per heavy atom. The number of benzene rings is 1. The highest BCUT2D eigenvalue weighted by Gasteiger charge is 2.15. The van der Waals surface area contributed by atoms with Crippen molar-refractivity contribution in [1.29, 1.82) is 0 Å². The lowest BCUT2D eigenvalue weighted by molar-refractivity contribution is 0.198. The Kier molecular flexibility index (Phi) is 3.22. The summed E-state index contributed by atoms with van der Waals surface area (Å²) in [7, 11) is 0. The van der Waals surface area contributed by atoms with Crippen LogP contribution in [-0.2, 0) is 0 Å². The molecule has 0 amide bonds. The Hall–Kier alpha value is -1.68. The standard InChI is InChI=1S/C14H17FN2O/c1-8-9(2)16-17(10(8)3)14-6-5-12(15)7-13(14)11(4)18/h5-7,11,18H,1-4H3/t11-/m0/s1. The molecule has 0 radical (unpaired) electrons. The topological polar surface area (TPSA) is 38.0 Å². The molecule has 1 atom stereocenters. The summed E-state index contributed by atoms with van der Waals surface area (Å²) in [6.07, 6.45) is -0.736. The minimum Gasteiger partial charge on any atom is -0.389 e. The third-order valence-electron chi connectivity index (χ3n) is 3.32. The number of aliphatic hydroxyl groups is 1. The molecular formula is C14H17FN2O. The van der Waals surface area contributed by atoms with Crippen LogP contribution < -0.4 is 0 Å². The number of nitrogens with zero attached hydrogens (tertiary/aromatic N) is 2. The average Bonchev–Trinajstić information content (AvgIpc) is 2.57. The summed E-state index contributed by atoms with van der Waals surface area (Å²) in [6.45, 7) is 7.52. The first-order valence-electron chi connectivity index (χ1n) is 5.92.